The topological polar surface area (TPSA) is 74.0 Å². The van der Waals surface area contributed by atoms with Gasteiger partial charge in [0.1, 0.15) is 6.10 Å². The fourth-order valence-corrected chi connectivity index (χ4v) is 0.981. The first-order chi connectivity index (χ1) is 4.77. The van der Waals surface area contributed by atoms with E-state index in [0.29, 0.717) is 6.67 Å². The van der Waals surface area contributed by atoms with Gasteiger partial charge in [0.25, 0.3) is 0 Å². The van der Waals surface area contributed by atoms with Gasteiger partial charge in [-0.3, -0.25) is 5.84 Å². The zero-order valence-corrected chi connectivity index (χ0v) is 5.32. The van der Waals surface area contributed by atoms with Gasteiger partial charge in [0.15, 0.2) is 12.1 Å². The molecule has 0 saturated carbocycles. The van der Waals surface area contributed by atoms with Crippen LogP contribution in [0.25, 0.3) is 0 Å². The summed E-state index contributed by atoms with van der Waals surface area (Å²) in [6, 6.07) is 0. The van der Waals surface area contributed by atoms with Crippen molar-refractivity contribution in [3.8, 4) is 0 Å². The van der Waals surface area contributed by atoms with Crippen LogP contribution in [0, 0.1) is 0 Å². The number of nitrogens with two attached hydrogens (primary N) is 1. The van der Waals surface area contributed by atoms with Crippen LogP contribution < -0.4 is 11.2 Å². The average Bonchev–Trinajstić information content (AvgIpc) is 2.60. The second-order valence-corrected chi connectivity index (χ2v) is 2.39. The Morgan fingerprint density at radius 3 is 3.50 bits per heavy atom. The molecule has 0 aliphatic carbocycles. The van der Waals surface area contributed by atoms with Gasteiger partial charge in [0, 0.05) is 6.08 Å². The van der Waals surface area contributed by atoms with Crippen molar-refractivity contribution in [1.29, 1.82) is 0 Å². The zero-order valence-electron chi connectivity index (χ0n) is 5.32. The van der Waals surface area contributed by atoms with Crippen molar-refractivity contribution in [1.82, 2.24) is 10.3 Å². The van der Waals surface area contributed by atoms with Gasteiger partial charge in [-0.05, 0) is 0 Å². The highest BCUT2D eigenvalue weighted by Gasteiger charge is 2.43. The quantitative estimate of drug-likeness (QED) is 0.295. The maximum absolute atomic E-state index is 8.99. The summed E-state index contributed by atoms with van der Waals surface area (Å²) < 4.78 is 5.07. The SMILES string of the molecule is NN1CNC(O)=C[C@@H]2OC21. The van der Waals surface area contributed by atoms with Gasteiger partial charge in [0.05, 0.1) is 6.67 Å². The van der Waals surface area contributed by atoms with Crippen molar-refractivity contribution >= 4 is 0 Å². The van der Waals surface area contributed by atoms with Crippen LogP contribution in [0.3, 0.4) is 0 Å². The molecule has 2 atom stereocenters. The number of epoxide rings is 1. The van der Waals surface area contributed by atoms with E-state index in [-0.39, 0.29) is 18.2 Å². The van der Waals surface area contributed by atoms with Crippen LogP contribution in [-0.4, -0.2) is 29.1 Å². The molecule has 1 unspecified atom stereocenters. The molecule has 0 bridgehead atoms. The molecule has 0 aromatic heterocycles. The Morgan fingerprint density at radius 2 is 2.70 bits per heavy atom. The van der Waals surface area contributed by atoms with Gasteiger partial charge in [-0.25, -0.2) is 0 Å². The van der Waals surface area contributed by atoms with E-state index >= 15 is 0 Å². The Hall–Kier alpha value is -0.780. The predicted molar refractivity (Wildman–Crippen MR) is 33.4 cm³/mol. The summed E-state index contributed by atoms with van der Waals surface area (Å²) in [5.41, 5.74) is 0. The third-order valence-electron chi connectivity index (χ3n) is 1.59. The van der Waals surface area contributed by atoms with Crippen LogP contribution in [0.15, 0.2) is 12.0 Å². The summed E-state index contributed by atoms with van der Waals surface area (Å²) in [7, 11) is 0. The zero-order chi connectivity index (χ0) is 7.14. The van der Waals surface area contributed by atoms with Crippen LogP contribution in [0.1, 0.15) is 0 Å². The lowest BCUT2D eigenvalue weighted by molar-refractivity contribution is 0.159. The lowest BCUT2D eigenvalue weighted by Crippen LogP contribution is -2.40. The maximum atomic E-state index is 8.99. The summed E-state index contributed by atoms with van der Waals surface area (Å²) in [6.07, 6.45) is 1.54. The highest BCUT2D eigenvalue weighted by molar-refractivity contribution is 5.06. The van der Waals surface area contributed by atoms with E-state index in [0.717, 1.165) is 0 Å². The fraction of sp³-hybridized carbons (Fsp3) is 0.600. The maximum Gasteiger partial charge on any atom is 0.183 e. The minimum Gasteiger partial charge on any atom is -0.495 e. The molecule has 1 saturated heterocycles. The van der Waals surface area contributed by atoms with Crippen LogP contribution in [0.4, 0.5) is 0 Å². The molecule has 0 spiro atoms. The molecule has 5 nitrogen and oxygen atoms in total. The monoisotopic (exact) mass is 143 g/mol. The molecule has 4 N–H and O–H groups in total. The van der Waals surface area contributed by atoms with E-state index in [4.69, 9.17) is 15.7 Å². The van der Waals surface area contributed by atoms with E-state index in [1.54, 1.807) is 6.08 Å². The summed E-state index contributed by atoms with van der Waals surface area (Å²) in [5, 5.41) is 13.2. The van der Waals surface area contributed by atoms with Gasteiger partial charge in [-0.1, -0.05) is 0 Å². The minimum absolute atomic E-state index is 0.0278. The molecule has 2 rings (SSSR count). The largest absolute Gasteiger partial charge is 0.495 e. The number of rotatable bonds is 0. The van der Waals surface area contributed by atoms with Gasteiger partial charge >= 0.3 is 0 Å². The smallest absolute Gasteiger partial charge is 0.183 e. The highest BCUT2D eigenvalue weighted by Crippen LogP contribution is 2.26. The molecular weight excluding hydrogens is 134 g/mol. The normalized spacial score (nSPS) is 39.1. The Kier molecular flexibility index (Phi) is 1.10. The number of hydrogen-bond acceptors (Lipinski definition) is 5. The number of hydrogen-bond donors (Lipinski definition) is 3. The van der Waals surface area contributed by atoms with Crippen LogP contribution in [0.2, 0.25) is 0 Å². The standard InChI is InChI=1S/C5H9N3O2/c6-8-2-7-4(9)1-3-5(8)10-3/h1,3,5,7,9H,2,6H2/t3-,5?/m0/s1. The van der Waals surface area contributed by atoms with E-state index in [9.17, 15) is 0 Å². The molecule has 0 amide bonds. The van der Waals surface area contributed by atoms with E-state index in [1.165, 1.54) is 5.01 Å². The minimum atomic E-state index is -0.0443. The lowest BCUT2D eigenvalue weighted by Gasteiger charge is -2.11. The van der Waals surface area contributed by atoms with Crippen molar-refractivity contribution < 1.29 is 9.84 Å². The number of hydrazine groups is 1. The molecule has 0 aromatic rings. The Bertz CT molecular complexity index is 182. The van der Waals surface area contributed by atoms with E-state index < -0.39 is 0 Å². The molecule has 10 heavy (non-hydrogen) atoms. The number of fused-ring (bicyclic) bond motifs is 1. The summed E-state index contributed by atoms with van der Waals surface area (Å²) in [5.74, 6) is 5.62. The van der Waals surface area contributed by atoms with Gasteiger partial charge < -0.3 is 15.2 Å². The Morgan fingerprint density at radius 1 is 1.90 bits per heavy atom. The molecular formula is C5H9N3O2. The van der Waals surface area contributed by atoms with Crippen molar-refractivity contribution in [2.24, 2.45) is 5.84 Å². The summed E-state index contributed by atoms with van der Waals surface area (Å²) in [6.45, 7) is 0.420. The summed E-state index contributed by atoms with van der Waals surface area (Å²) in [4.78, 5) is 0. The van der Waals surface area contributed by atoms with Crippen molar-refractivity contribution in [3.05, 3.63) is 12.0 Å². The number of nitrogens with one attached hydrogen (secondary N) is 1. The number of aliphatic hydroxyl groups is 1. The number of aliphatic hydroxyl groups excluding tert-OH is 1. The molecule has 56 valence electrons. The third kappa shape index (κ3) is 0.841. The second kappa shape index (κ2) is 1.85. The van der Waals surface area contributed by atoms with Crippen LogP contribution >= 0.6 is 0 Å². The number of ether oxygens (including phenoxy) is 1. The lowest BCUT2D eigenvalue weighted by atomic mass is 10.4. The third-order valence-corrected chi connectivity index (χ3v) is 1.59. The summed E-state index contributed by atoms with van der Waals surface area (Å²) >= 11 is 0. The van der Waals surface area contributed by atoms with E-state index in [2.05, 4.69) is 5.32 Å². The van der Waals surface area contributed by atoms with Crippen molar-refractivity contribution in [2.45, 2.75) is 12.3 Å². The van der Waals surface area contributed by atoms with Crippen LogP contribution in [0.5, 0.6) is 0 Å². The molecule has 0 aromatic carbocycles. The number of nitrogens with zero attached hydrogens (tertiary/aromatic N) is 1. The van der Waals surface area contributed by atoms with Gasteiger partial charge in [-0.15, -0.1) is 0 Å². The van der Waals surface area contributed by atoms with Crippen molar-refractivity contribution in [2.75, 3.05) is 6.67 Å². The van der Waals surface area contributed by atoms with E-state index in [1.807, 2.05) is 0 Å². The predicted octanol–water partition coefficient (Wildman–Crippen LogP) is -1.15. The van der Waals surface area contributed by atoms with Gasteiger partial charge in [0.2, 0.25) is 0 Å². The molecule has 1 fully saturated rings. The first-order valence-corrected chi connectivity index (χ1v) is 3.09. The first-order valence-electron chi connectivity index (χ1n) is 3.09. The van der Waals surface area contributed by atoms with Crippen LogP contribution in [-0.2, 0) is 4.74 Å². The Labute approximate surface area is 58.0 Å². The first kappa shape index (κ1) is 5.96. The highest BCUT2D eigenvalue weighted by atomic mass is 16.6. The second-order valence-electron chi connectivity index (χ2n) is 2.39. The van der Waals surface area contributed by atoms with Gasteiger partial charge in [-0.2, -0.15) is 5.01 Å². The average molecular weight is 143 g/mol. The molecule has 5 heteroatoms. The molecule has 2 heterocycles. The van der Waals surface area contributed by atoms with Crippen molar-refractivity contribution in [3.63, 3.8) is 0 Å². The molecule has 2 aliphatic heterocycles. The molecule has 0 radical (unpaired) electrons. The molecule has 2 aliphatic rings. The fourth-order valence-electron chi connectivity index (χ4n) is 0.981. The Balaban J connectivity index is 2.10.